The number of carbonyl (C=O) groups is 3. The van der Waals surface area contributed by atoms with Crippen molar-refractivity contribution in [2.24, 2.45) is 0 Å². The van der Waals surface area contributed by atoms with Crippen LogP contribution in [-0.4, -0.2) is 95.9 Å². The van der Waals surface area contributed by atoms with Gasteiger partial charge in [-0.2, -0.15) is 0 Å². The number of rotatable bonds is 59. The van der Waals surface area contributed by atoms with Gasteiger partial charge in [-0.15, -0.1) is 0 Å². The number of ether oxygens (including phenoxy) is 3. The molecule has 5 atom stereocenters. The first-order valence-corrected chi connectivity index (χ1v) is 33.9. The number of carbonyl (C=O) groups excluding carboxylic acids is 3. The van der Waals surface area contributed by atoms with Gasteiger partial charge in [0.05, 0.1) is 26.4 Å². The summed E-state index contributed by atoms with van der Waals surface area (Å²) in [4.78, 5) is 58.1. The van der Waals surface area contributed by atoms with E-state index in [1.807, 2.05) is 0 Å². The molecule has 0 aliphatic heterocycles. The number of allylic oxidation sites excluding steroid dienone is 8. The highest BCUT2D eigenvalue weighted by Gasteiger charge is 2.29. The van der Waals surface area contributed by atoms with Gasteiger partial charge in [-0.05, 0) is 77.0 Å². The van der Waals surface area contributed by atoms with Gasteiger partial charge in [-0.3, -0.25) is 32.5 Å². The van der Waals surface area contributed by atoms with Gasteiger partial charge in [-0.1, -0.05) is 217 Å². The Morgan fingerprint density at radius 3 is 1.09 bits per heavy atom. The van der Waals surface area contributed by atoms with Crippen molar-refractivity contribution in [2.75, 3.05) is 39.6 Å². The number of hydrogen-bond acceptors (Lipinski definition) is 14. The molecule has 0 spiro atoms. The monoisotopic (exact) mass is 1160 g/mol. The largest absolute Gasteiger partial charge is 0.472 e. The molecule has 16 nitrogen and oxygen atoms in total. The number of aliphatic hydroxyl groups excluding tert-OH is 2. The minimum atomic E-state index is -4.91. The van der Waals surface area contributed by atoms with Gasteiger partial charge in [-0.25, -0.2) is 9.13 Å². The van der Waals surface area contributed by atoms with Crippen molar-refractivity contribution >= 4 is 33.6 Å². The molecule has 0 fully saturated rings. The fourth-order valence-corrected chi connectivity index (χ4v) is 9.87. The molecule has 0 saturated heterocycles. The number of hydrogen-bond donors (Lipinski definition) is 4. The van der Waals surface area contributed by atoms with E-state index in [9.17, 15) is 43.5 Å². The zero-order valence-corrected chi connectivity index (χ0v) is 51.3. The van der Waals surface area contributed by atoms with E-state index in [2.05, 4.69) is 69.4 Å². The first-order valence-electron chi connectivity index (χ1n) is 30.9. The normalized spacial score (nSPS) is 14.8. The van der Waals surface area contributed by atoms with Gasteiger partial charge in [0.1, 0.15) is 25.4 Å². The molecule has 0 amide bonds. The number of aliphatic hydroxyl groups is 2. The highest BCUT2D eigenvalue weighted by Crippen LogP contribution is 2.45. The Morgan fingerprint density at radius 2 is 0.671 bits per heavy atom. The minimum absolute atomic E-state index is 0.0991. The lowest BCUT2D eigenvalue weighted by Crippen LogP contribution is -2.30. The van der Waals surface area contributed by atoms with Crippen molar-refractivity contribution in [3.05, 3.63) is 48.6 Å². The Balaban J connectivity index is 4.69. The van der Waals surface area contributed by atoms with Crippen LogP contribution in [0, 0.1) is 0 Å². The maximum Gasteiger partial charge on any atom is 0.472 e. The van der Waals surface area contributed by atoms with Crippen LogP contribution < -0.4 is 0 Å². The van der Waals surface area contributed by atoms with Crippen LogP contribution in [0.3, 0.4) is 0 Å². The van der Waals surface area contributed by atoms with Crippen LogP contribution in [-0.2, 0) is 55.8 Å². The van der Waals surface area contributed by atoms with Gasteiger partial charge >= 0.3 is 33.6 Å². The molecule has 4 N–H and O–H groups in total. The zero-order valence-electron chi connectivity index (χ0n) is 49.5. The third-order valence-corrected chi connectivity index (χ3v) is 14.9. The topological polar surface area (TPSA) is 231 Å². The van der Waals surface area contributed by atoms with Crippen molar-refractivity contribution < 1.29 is 75.8 Å². The molecule has 0 radical (unpaired) electrons. The van der Waals surface area contributed by atoms with Gasteiger partial charge in [0.15, 0.2) is 6.10 Å². The van der Waals surface area contributed by atoms with E-state index in [-0.39, 0.29) is 19.3 Å². The van der Waals surface area contributed by atoms with E-state index in [0.717, 1.165) is 109 Å². The molecule has 18 heteroatoms. The van der Waals surface area contributed by atoms with Crippen LogP contribution in [0.25, 0.3) is 0 Å². The summed E-state index contributed by atoms with van der Waals surface area (Å²) in [7, 11) is -9.75. The quantitative estimate of drug-likeness (QED) is 0.0146. The fourth-order valence-electron chi connectivity index (χ4n) is 8.28. The molecule has 79 heavy (non-hydrogen) atoms. The van der Waals surface area contributed by atoms with Gasteiger partial charge in [0.2, 0.25) is 0 Å². The second kappa shape index (κ2) is 56.0. The average Bonchev–Trinajstić information content (AvgIpc) is 3.42. The van der Waals surface area contributed by atoms with E-state index in [1.54, 1.807) is 0 Å². The van der Waals surface area contributed by atoms with Crippen molar-refractivity contribution in [3.8, 4) is 0 Å². The molecule has 0 bridgehead atoms. The van der Waals surface area contributed by atoms with Crippen molar-refractivity contribution in [1.82, 2.24) is 0 Å². The molecule has 0 rings (SSSR count). The molecule has 0 aromatic heterocycles. The fraction of sp³-hybridized carbons (Fsp3) is 0.820. The molecule has 0 aromatic rings. The molecule has 0 aliphatic rings. The average molecular weight is 1160 g/mol. The molecule has 462 valence electrons. The first-order chi connectivity index (χ1) is 38.2. The lowest BCUT2D eigenvalue weighted by molar-refractivity contribution is -0.161. The van der Waals surface area contributed by atoms with Crippen LogP contribution in [0.15, 0.2) is 48.6 Å². The minimum Gasteiger partial charge on any atom is -0.463 e. The van der Waals surface area contributed by atoms with Crippen molar-refractivity contribution in [2.45, 2.75) is 283 Å². The summed E-state index contributed by atoms with van der Waals surface area (Å²) in [5.41, 5.74) is 0. The molecule has 0 saturated carbocycles. The molecule has 5 unspecified atom stereocenters. The van der Waals surface area contributed by atoms with Gasteiger partial charge < -0.3 is 34.2 Å². The van der Waals surface area contributed by atoms with Crippen LogP contribution in [0.2, 0.25) is 0 Å². The highest BCUT2D eigenvalue weighted by atomic mass is 31.2. The number of phosphoric acid groups is 2. The third-order valence-electron chi connectivity index (χ3n) is 13.0. The summed E-state index contributed by atoms with van der Waals surface area (Å²) in [5, 5.41) is 20.4. The Bertz CT molecular complexity index is 1650. The third kappa shape index (κ3) is 57.1. The lowest BCUT2D eigenvalue weighted by atomic mass is 10.0. The van der Waals surface area contributed by atoms with E-state index < -0.39 is 91.5 Å². The number of esters is 3. The highest BCUT2D eigenvalue weighted by molar-refractivity contribution is 7.47. The van der Waals surface area contributed by atoms with Crippen LogP contribution >= 0.6 is 15.6 Å². The van der Waals surface area contributed by atoms with Crippen LogP contribution in [0.1, 0.15) is 265 Å². The van der Waals surface area contributed by atoms with Crippen molar-refractivity contribution in [1.29, 1.82) is 0 Å². The molecular weight excluding hydrogens is 1050 g/mol. The van der Waals surface area contributed by atoms with Crippen LogP contribution in [0.4, 0.5) is 0 Å². The second-order valence-corrected chi connectivity index (χ2v) is 23.7. The Hall–Kier alpha value is -2.49. The standard InChI is InChI=1S/C61H112O16P2/c1-4-7-10-13-16-19-22-25-27-30-32-35-38-41-44-47-59(64)71-50-56(62)51-73-78(67,68)74-52-57(63)53-75-79(69,70)76-55-58(77-61(66)49-46-43-40-37-34-29-24-21-18-15-12-9-6-3)54-72-60(65)48-45-42-39-36-33-31-28-26-23-20-17-14-11-8-5-2/h7,10,16,19,21,24-25,27,56-58,62-63H,4-6,8-9,11-15,17-18,20,22-23,26,28-55H2,1-3H3,(H,67,68)(H,69,70)/b10-7-,19-16-,24-21-,27-25-. The summed E-state index contributed by atoms with van der Waals surface area (Å²) in [6.07, 6.45) is 51.8. The summed E-state index contributed by atoms with van der Waals surface area (Å²) in [6, 6.07) is 0. The van der Waals surface area contributed by atoms with E-state index >= 15 is 0 Å². The van der Waals surface area contributed by atoms with Gasteiger partial charge in [0.25, 0.3) is 0 Å². The van der Waals surface area contributed by atoms with E-state index in [0.29, 0.717) is 19.3 Å². The summed E-state index contributed by atoms with van der Waals surface area (Å²) < 4.78 is 60.6. The first kappa shape index (κ1) is 76.5. The second-order valence-electron chi connectivity index (χ2n) is 20.8. The Labute approximate surface area is 478 Å². The van der Waals surface area contributed by atoms with E-state index in [1.165, 1.54) is 96.3 Å². The SMILES string of the molecule is CC/C=C\C/C=C\C/C=C\CCCCCCCC(=O)OCC(O)COP(=O)(O)OCC(O)COP(=O)(O)OCC(COC(=O)CCCCCCCCCCCCCCCCC)OC(=O)CCCCCCC/C=C\CCCCCC. The smallest absolute Gasteiger partial charge is 0.463 e. The lowest BCUT2D eigenvalue weighted by Gasteiger charge is -2.21. The maximum atomic E-state index is 12.9. The Morgan fingerprint density at radius 1 is 0.367 bits per heavy atom. The summed E-state index contributed by atoms with van der Waals surface area (Å²) >= 11 is 0. The summed E-state index contributed by atoms with van der Waals surface area (Å²) in [5.74, 6) is -1.59. The predicted molar refractivity (Wildman–Crippen MR) is 316 cm³/mol. The number of unbranched alkanes of at least 4 members (excludes halogenated alkanes) is 28. The summed E-state index contributed by atoms with van der Waals surface area (Å²) in [6.45, 7) is 2.52. The molecular formula is C61H112O16P2. The zero-order chi connectivity index (χ0) is 58.2. The molecule has 0 heterocycles. The predicted octanol–water partition coefficient (Wildman–Crippen LogP) is 16.1. The van der Waals surface area contributed by atoms with Crippen LogP contribution in [0.5, 0.6) is 0 Å². The van der Waals surface area contributed by atoms with Gasteiger partial charge in [0, 0.05) is 19.3 Å². The van der Waals surface area contributed by atoms with Crippen molar-refractivity contribution in [3.63, 3.8) is 0 Å². The molecule has 0 aliphatic carbocycles. The molecule has 0 aromatic carbocycles. The van der Waals surface area contributed by atoms with E-state index in [4.69, 9.17) is 32.3 Å². The number of phosphoric ester groups is 2. The maximum absolute atomic E-state index is 12.9. The Kier molecular flexibility index (Phi) is 54.2.